The molecule has 19 heavy (non-hydrogen) atoms. The average molecular weight is 289 g/mol. The van der Waals surface area contributed by atoms with Crippen LogP contribution in [0.2, 0.25) is 0 Å². The summed E-state index contributed by atoms with van der Waals surface area (Å²) in [4.78, 5) is 33.7. The topological polar surface area (TPSA) is 119 Å². The van der Waals surface area contributed by atoms with Crippen molar-refractivity contribution in [3.8, 4) is 0 Å². The molecule has 1 aromatic rings. The van der Waals surface area contributed by atoms with E-state index in [1.807, 2.05) is 6.07 Å². The molecule has 0 radical (unpaired) electrons. The zero-order valence-electron chi connectivity index (χ0n) is 10.1. The molecule has 7 nitrogen and oxygen atoms in total. The van der Waals surface area contributed by atoms with E-state index in [0.717, 1.165) is 5.56 Å². The molecular formula is C11H16NO6P. The average Bonchev–Trinajstić information content (AvgIpc) is 2.34. The lowest BCUT2D eigenvalue weighted by molar-refractivity contribution is -0.132. The van der Waals surface area contributed by atoms with Crippen molar-refractivity contribution in [1.29, 1.82) is 0 Å². The van der Waals surface area contributed by atoms with Crippen LogP contribution in [-0.4, -0.2) is 34.6 Å². The maximum atomic E-state index is 11.9. The fourth-order valence-corrected chi connectivity index (χ4v) is 1.79. The Labute approximate surface area is 110 Å². The number of hydrogen-bond acceptors (Lipinski definition) is 5. The van der Waals surface area contributed by atoms with E-state index in [0.29, 0.717) is 0 Å². The Bertz CT molecular complexity index is 446. The Morgan fingerprint density at radius 1 is 1.32 bits per heavy atom. The molecule has 0 fully saturated rings. The minimum absolute atomic E-state index is 0.0794. The molecule has 0 saturated heterocycles. The highest BCUT2D eigenvalue weighted by atomic mass is 31.2. The van der Waals surface area contributed by atoms with Gasteiger partial charge in [-0.25, -0.2) is 5.90 Å². The van der Waals surface area contributed by atoms with Crippen LogP contribution in [-0.2, 0) is 25.4 Å². The molecule has 106 valence electrons. The summed E-state index contributed by atoms with van der Waals surface area (Å²) in [5.74, 6) is 4.52. The van der Waals surface area contributed by atoms with E-state index in [4.69, 9.17) is 20.4 Å². The van der Waals surface area contributed by atoms with Gasteiger partial charge in [-0.05, 0) is 5.56 Å². The van der Waals surface area contributed by atoms with Crippen LogP contribution >= 0.6 is 7.60 Å². The Hall–Kier alpha value is -1.08. The Balaban J connectivity index is 2.60. The van der Waals surface area contributed by atoms with Crippen LogP contribution in [0.3, 0.4) is 0 Å². The molecule has 0 amide bonds. The first-order chi connectivity index (χ1) is 8.92. The smallest absolute Gasteiger partial charge is 0.351 e. The monoisotopic (exact) mass is 289 g/mol. The number of carbonyl (C=O) groups excluding carboxylic acids is 1. The van der Waals surface area contributed by atoms with Crippen molar-refractivity contribution < 1.29 is 28.7 Å². The number of ketones is 1. The van der Waals surface area contributed by atoms with Gasteiger partial charge in [-0.1, -0.05) is 30.3 Å². The van der Waals surface area contributed by atoms with Gasteiger partial charge in [-0.3, -0.25) is 9.36 Å². The third-order valence-electron chi connectivity index (χ3n) is 2.27. The van der Waals surface area contributed by atoms with Crippen LogP contribution in [0.1, 0.15) is 5.56 Å². The van der Waals surface area contributed by atoms with Crippen molar-refractivity contribution in [3.63, 3.8) is 0 Å². The minimum Gasteiger partial charge on any atom is -0.355 e. The molecule has 0 spiro atoms. The molecule has 8 heteroatoms. The summed E-state index contributed by atoms with van der Waals surface area (Å²) < 4.78 is 15.6. The van der Waals surface area contributed by atoms with Gasteiger partial charge in [0.25, 0.3) is 0 Å². The van der Waals surface area contributed by atoms with Crippen molar-refractivity contribution in [2.45, 2.75) is 12.5 Å². The molecule has 1 unspecified atom stereocenters. The summed E-state index contributed by atoms with van der Waals surface area (Å²) in [6.45, 7) is -0.258. The number of ether oxygens (including phenoxy) is 1. The number of carbonyl (C=O) groups is 1. The first-order valence-electron chi connectivity index (χ1n) is 5.47. The molecule has 0 bridgehead atoms. The molecule has 1 aromatic carbocycles. The van der Waals surface area contributed by atoms with Gasteiger partial charge in [0.15, 0.2) is 5.78 Å². The second kappa shape index (κ2) is 7.49. The molecule has 0 aliphatic heterocycles. The minimum atomic E-state index is -4.34. The SMILES string of the molecule is NOCC(OCP(=O)(O)O)C(=O)Cc1ccccc1. The lowest BCUT2D eigenvalue weighted by Crippen LogP contribution is -2.32. The van der Waals surface area contributed by atoms with E-state index >= 15 is 0 Å². The zero-order chi connectivity index (χ0) is 14.3. The van der Waals surface area contributed by atoms with Crippen LogP contribution in [0.15, 0.2) is 30.3 Å². The highest BCUT2D eigenvalue weighted by Gasteiger charge is 2.23. The predicted octanol–water partition coefficient (Wildman–Crippen LogP) is 0.209. The van der Waals surface area contributed by atoms with Crippen LogP contribution in [0.5, 0.6) is 0 Å². The number of hydrogen-bond donors (Lipinski definition) is 3. The number of benzene rings is 1. The molecular weight excluding hydrogens is 273 g/mol. The summed E-state index contributed by atoms with van der Waals surface area (Å²) >= 11 is 0. The van der Waals surface area contributed by atoms with Gasteiger partial charge in [0.05, 0.1) is 0 Å². The van der Waals surface area contributed by atoms with E-state index in [-0.39, 0.29) is 18.8 Å². The molecule has 0 aromatic heterocycles. The van der Waals surface area contributed by atoms with Gasteiger partial charge in [0.2, 0.25) is 0 Å². The number of nitrogens with two attached hydrogens (primary N) is 1. The van der Waals surface area contributed by atoms with E-state index in [1.165, 1.54) is 0 Å². The highest BCUT2D eigenvalue weighted by molar-refractivity contribution is 7.51. The summed E-state index contributed by atoms with van der Waals surface area (Å²) in [6, 6.07) is 8.92. The summed E-state index contributed by atoms with van der Waals surface area (Å²) in [7, 11) is -4.34. The van der Waals surface area contributed by atoms with Gasteiger partial charge < -0.3 is 19.4 Å². The molecule has 0 aliphatic carbocycles. The number of rotatable bonds is 8. The molecule has 0 heterocycles. The van der Waals surface area contributed by atoms with Crippen LogP contribution < -0.4 is 5.90 Å². The van der Waals surface area contributed by atoms with E-state index in [2.05, 4.69) is 4.84 Å². The summed E-state index contributed by atoms with van der Waals surface area (Å²) in [6.07, 6.45) is -1.87. The third-order valence-corrected chi connectivity index (χ3v) is 2.76. The van der Waals surface area contributed by atoms with Crippen molar-refractivity contribution in [2.75, 3.05) is 13.0 Å². The summed E-state index contributed by atoms with van der Waals surface area (Å²) in [5.41, 5.74) is 0.773. The van der Waals surface area contributed by atoms with Gasteiger partial charge in [0.1, 0.15) is 19.1 Å². The third kappa shape index (κ3) is 6.58. The Kier molecular flexibility index (Phi) is 6.30. The van der Waals surface area contributed by atoms with Crippen molar-refractivity contribution in [3.05, 3.63) is 35.9 Å². The summed E-state index contributed by atoms with van der Waals surface area (Å²) in [5, 5.41) is 0. The van der Waals surface area contributed by atoms with Crippen molar-refractivity contribution >= 4 is 13.4 Å². The quantitative estimate of drug-likeness (QED) is 0.462. The molecule has 4 N–H and O–H groups in total. The lowest BCUT2D eigenvalue weighted by atomic mass is 10.1. The zero-order valence-corrected chi connectivity index (χ0v) is 11.0. The van der Waals surface area contributed by atoms with Crippen molar-refractivity contribution in [1.82, 2.24) is 0 Å². The first-order valence-corrected chi connectivity index (χ1v) is 7.26. The fraction of sp³-hybridized carbons (Fsp3) is 0.364. The van der Waals surface area contributed by atoms with Gasteiger partial charge in [-0.2, -0.15) is 0 Å². The fourth-order valence-electron chi connectivity index (χ4n) is 1.42. The first kappa shape index (κ1) is 16.0. The molecule has 0 aliphatic rings. The Morgan fingerprint density at radius 3 is 2.47 bits per heavy atom. The van der Waals surface area contributed by atoms with Crippen LogP contribution in [0.4, 0.5) is 0 Å². The predicted molar refractivity (Wildman–Crippen MR) is 67.1 cm³/mol. The second-order valence-electron chi connectivity index (χ2n) is 3.91. The maximum absolute atomic E-state index is 11.9. The maximum Gasteiger partial charge on any atom is 0.351 e. The van der Waals surface area contributed by atoms with E-state index in [9.17, 15) is 9.36 Å². The largest absolute Gasteiger partial charge is 0.355 e. The molecule has 1 rings (SSSR count). The number of Topliss-reactive ketones (excluding diaryl/α,β-unsaturated/α-hetero) is 1. The van der Waals surface area contributed by atoms with Gasteiger partial charge in [0, 0.05) is 6.42 Å². The van der Waals surface area contributed by atoms with Gasteiger partial charge in [-0.15, -0.1) is 0 Å². The van der Waals surface area contributed by atoms with Crippen molar-refractivity contribution in [2.24, 2.45) is 5.90 Å². The highest BCUT2D eigenvalue weighted by Crippen LogP contribution is 2.34. The Morgan fingerprint density at radius 2 is 1.95 bits per heavy atom. The van der Waals surface area contributed by atoms with Gasteiger partial charge >= 0.3 is 7.60 Å². The molecule has 1 atom stereocenters. The second-order valence-corrected chi connectivity index (χ2v) is 5.50. The normalized spacial score (nSPS) is 13.2. The lowest BCUT2D eigenvalue weighted by Gasteiger charge is -2.16. The molecule has 0 saturated carbocycles. The van der Waals surface area contributed by atoms with E-state index in [1.54, 1.807) is 24.3 Å². The standard InChI is InChI=1S/C11H16NO6P/c12-18-7-11(17-8-19(14,15)16)10(13)6-9-4-2-1-3-5-9/h1-5,11H,6-8,12H2,(H2,14,15,16). The van der Waals surface area contributed by atoms with Crippen LogP contribution in [0, 0.1) is 0 Å². The van der Waals surface area contributed by atoms with E-state index < -0.39 is 20.0 Å². The van der Waals surface area contributed by atoms with Crippen LogP contribution in [0.25, 0.3) is 0 Å².